The van der Waals surface area contributed by atoms with E-state index in [0.29, 0.717) is 15.1 Å². The van der Waals surface area contributed by atoms with Crippen molar-refractivity contribution in [2.45, 2.75) is 13.0 Å². The number of halogens is 2. The summed E-state index contributed by atoms with van der Waals surface area (Å²) in [7, 11) is 0. The van der Waals surface area contributed by atoms with E-state index in [-0.39, 0.29) is 0 Å². The molecular weight excluding hydrogens is 265 g/mol. The molecular formula is C11H9Cl2NOS. The fourth-order valence-corrected chi connectivity index (χ4v) is 2.33. The molecule has 1 heterocycles. The fourth-order valence-electron chi connectivity index (χ4n) is 1.27. The Morgan fingerprint density at radius 2 is 2.06 bits per heavy atom. The van der Waals surface area contributed by atoms with E-state index in [9.17, 15) is 5.11 Å². The summed E-state index contributed by atoms with van der Waals surface area (Å²) in [6.07, 6.45) is -0.540. The van der Waals surface area contributed by atoms with Gasteiger partial charge >= 0.3 is 0 Å². The van der Waals surface area contributed by atoms with Gasteiger partial charge in [-0.05, 0) is 19.1 Å². The van der Waals surface area contributed by atoms with Crippen molar-refractivity contribution in [1.29, 1.82) is 0 Å². The quantitative estimate of drug-likeness (QED) is 0.891. The summed E-state index contributed by atoms with van der Waals surface area (Å²) in [5, 5.41) is 13.0. The molecule has 1 aromatic heterocycles. The minimum Gasteiger partial charge on any atom is -0.386 e. The van der Waals surface area contributed by atoms with Gasteiger partial charge in [0.15, 0.2) is 0 Å². The Hall–Kier alpha value is -0.610. The van der Waals surface area contributed by atoms with Crippen LogP contribution in [0, 0.1) is 0 Å². The van der Waals surface area contributed by atoms with Gasteiger partial charge in [-0.1, -0.05) is 29.3 Å². The largest absolute Gasteiger partial charge is 0.386 e. The lowest BCUT2D eigenvalue weighted by Gasteiger charge is -2.00. The van der Waals surface area contributed by atoms with E-state index < -0.39 is 6.10 Å². The average Bonchev–Trinajstić information content (AvgIpc) is 2.71. The van der Waals surface area contributed by atoms with E-state index >= 15 is 0 Å². The highest BCUT2D eigenvalue weighted by Crippen LogP contribution is 2.30. The molecule has 0 radical (unpaired) electrons. The summed E-state index contributed by atoms with van der Waals surface area (Å²) < 4.78 is 0. The highest BCUT2D eigenvalue weighted by molar-refractivity contribution is 7.10. The van der Waals surface area contributed by atoms with Gasteiger partial charge in [0.2, 0.25) is 0 Å². The molecule has 16 heavy (non-hydrogen) atoms. The van der Waals surface area contributed by atoms with E-state index in [2.05, 4.69) is 4.98 Å². The van der Waals surface area contributed by atoms with Crippen LogP contribution in [-0.2, 0) is 0 Å². The van der Waals surface area contributed by atoms with Crippen molar-refractivity contribution in [3.05, 3.63) is 38.6 Å². The van der Waals surface area contributed by atoms with E-state index in [1.54, 1.807) is 19.1 Å². The molecule has 1 N–H and O–H groups in total. The number of nitrogens with zero attached hydrogens (tertiary/aromatic N) is 1. The number of benzene rings is 1. The predicted octanol–water partition coefficient (Wildman–Crippen LogP) is 4.17. The number of aromatic nitrogens is 1. The van der Waals surface area contributed by atoms with Crippen molar-refractivity contribution in [2.75, 3.05) is 0 Å². The second kappa shape index (κ2) is 4.72. The lowest BCUT2D eigenvalue weighted by Crippen LogP contribution is -1.89. The number of thiazole rings is 1. The average molecular weight is 274 g/mol. The SMILES string of the molecule is CC(O)c1nc(-c2ccc(Cl)c(Cl)c2)cs1. The molecule has 0 spiro atoms. The normalized spacial score (nSPS) is 12.8. The van der Waals surface area contributed by atoms with Gasteiger partial charge in [-0.15, -0.1) is 11.3 Å². The zero-order chi connectivity index (χ0) is 11.7. The molecule has 0 saturated heterocycles. The van der Waals surface area contributed by atoms with Crippen molar-refractivity contribution in [3.8, 4) is 11.3 Å². The highest BCUT2D eigenvalue weighted by atomic mass is 35.5. The van der Waals surface area contributed by atoms with Gasteiger partial charge in [0.05, 0.1) is 15.7 Å². The Balaban J connectivity index is 2.39. The molecule has 0 fully saturated rings. The molecule has 1 unspecified atom stereocenters. The van der Waals surface area contributed by atoms with E-state index in [1.807, 2.05) is 11.4 Å². The fraction of sp³-hybridized carbons (Fsp3) is 0.182. The summed E-state index contributed by atoms with van der Waals surface area (Å²) in [5.41, 5.74) is 1.71. The molecule has 2 aromatic rings. The van der Waals surface area contributed by atoms with Crippen LogP contribution in [-0.4, -0.2) is 10.1 Å². The van der Waals surface area contributed by atoms with Crippen LogP contribution in [0.2, 0.25) is 10.0 Å². The molecule has 0 saturated carbocycles. The monoisotopic (exact) mass is 273 g/mol. The molecule has 2 rings (SSSR count). The zero-order valence-corrected chi connectivity index (χ0v) is 10.8. The summed E-state index contributed by atoms with van der Waals surface area (Å²) >= 11 is 13.2. The Bertz CT molecular complexity index is 510. The Morgan fingerprint density at radius 3 is 2.62 bits per heavy atom. The standard InChI is InChI=1S/C11H9Cl2NOS/c1-6(15)11-14-10(5-16-11)7-2-3-8(12)9(13)4-7/h2-6,15H,1H3. The molecule has 1 aromatic carbocycles. The maximum atomic E-state index is 9.38. The highest BCUT2D eigenvalue weighted by Gasteiger charge is 2.09. The smallest absolute Gasteiger partial charge is 0.122 e. The number of hydrogen-bond donors (Lipinski definition) is 1. The van der Waals surface area contributed by atoms with Crippen LogP contribution in [0.25, 0.3) is 11.3 Å². The van der Waals surface area contributed by atoms with Crippen molar-refractivity contribution in [3.63, 3.8) is 0 Å². The lowest BCUT2D eigenvalue weighted by molar-refractivity contribution is 0.199. The first-order valence-electron chi connectivity index (χ1n) is 4.67. The molecule has 2 nitrogen and oxygen atoms in total. The third-order valence-electron chi connectivity index (χ3n) is 2.09. The van der Waals surface area contributed by atoms with Crippen LogP contribution in [0.1, 0.15) is 18.0 Å². The van der Waals surface area contributed by atoms with Crippen LogP contribution in [0.15, 0.2) is 23.6 Å². The van der Waals surface area contributed by atoms with Crippen LogP contribution < -0.4 is 0 Å². The summed E-state index contributed by atoms with van der Waals surface area (Å²) in [6, 6.07) is 5.36. The van der Waals surface area contributed by atoms with Gasteiger partial charge in [0.1, 0.15) is 11.1 Å². The van der Waals surface area contributed by atoms with Gasteiger partial charge in [-0.25, -0.2) is 4.98 Å². The van der Waals surface area contributed by atoms with Gasteiger partial charge < -0.3 is 5.11 Å². The zero-order valence-electron chi connectivity index (χ0n) is 8.45. The van der Waals surface area contributed by atoms with Crippen LogP contribution in [0.3, 0.4) is 0 Å². The van der Waals surface area contributed by atoms with E-state index in [4.69, 9.17) is 23.2 Å². The number of aliphatic hydroxyl groups is 1. The number of aliphatic hydroxyl groups excluding tert-OH is 1. The first-order valence-corrected chi connectivity index (χ1v) is 6.30. The summed E-state index contributed by atoms with van der Waals surface area (Å²) in [6.45, 7) is 1.69. The predicted molar refractivity (Wildman–Crippen MR) is 68.2 cm³/mol. The Labute approximate surface area is 107 Å². The molecule has 0 aliphatic rings. The molecule has 0 aliphatic heterocycles. The molecule has 0 aliphatic carbocycles. The van der Waals surface area contributed by atoms with Crippen molar-refractivity contribution < 1.29 is 5.11 Å². The number of rotatable bonds is 2. The minimum atomic E-state index is -0.540. The second-order valence-electron chi connectivity index (χ2n) is 3.38. The van der Waals surface area contributed by atoms with Crippen LogP contribution in [0.5, 0.6) is 0 Å². The lowest BCUT2D eigenvalue weighted by atomic mass is 10.2. The van der Waals surface area contributed by atoms with E-state index in [1.165, 1.54) is 11.3 Å². The van der Waals surface area contributed by atoms with E-state index in [0.717, 1.165) is 11.3 Å². The minimum absolute atomic E-state index is 0.505. The van der Waals surface area contributed by atoms with Gasteiger partial charge in [-0.3, -0.25) is 0 Å². The Kier molecular flexibility index (Phi) is 3.50. The van der Waals surface area contributed by atoms with Gasteiger partial charge in [0.25, 0.3) is 0 Å². The molecule has 0 bridgehead atoms. The van der Waals surface area contributed by atoms with Gasteiger partial charge in [0, 0.05) is 10.9 Å². The first-order chi connectivity index (χ1) is 7.58. The molecule has 1 atom stereocenters. The van der Waals surface area contributed by atoms with Crippen LogP contribution in [0.4, 0.5) is 0 Å². The third kappa shape index (κ3) is 2.38. The maximum absolute atomic E-state index is 9.38. The number of hydrogen-bond acceptors (Lipinski definition) is 3. The second-order valence-corrected chi connectivity index (χ2v) is 5.08. The maximum Gasteiger partial charge on any atom is 0.122 e. The van der Waals surface area contributed by atoms with Crippen molar-refractivity contribution in [2.24, 2.45) is 0 Å². The molecule has 5 heteroatoms. The Morgan fingerprint density at radius 1 is 1.31 bits per heavy atom. The van der Waals surface area contributed by atoms with Crippen LogP contribution >= 0.6 is 34.5 Å². The third-order valence-corrected chi connectivity index (χ3v) is 3.85. The van der Waals surface area contributed by atoms with Crippen molar-refractivity contribution in [1.82, 2.24) is 4.98 Å². The topological polar surface area (TPSA) is 33.1 Å². The summed E-state index contributed by atoms with van der Waals surface area (Å²) in [5.74, 6) is 0. The van der Waals surface area contributed by atoms with Gasteiger partial charge in [-0.2, -0.15) is 0 Å². The first kappa shape index (κ1) is 11.9. The molecule has 0 amide bonds. The molecule has 84 valence electrons. The van der Waals surface area contributed by atoms with Crippen molar-refractivity contribution >= 4 is 34.5 Å². The summed E-state index contributed by atoms with van der Waals surface area (Å²) in [4.78, 5) is 4.32.